The highest BCUT2D eigenvalue weighted by Crippen LogP contribution is 2.35. The first kappa shape index (κ1) is 24.8. The molecule has 37 heavy (non-hydrogen) atoms. The number of hydrogen-bond donors (Lipinski definition) is 1. The van der Waals surface area contributed by atoms with Gasteiger partial charge in [-0.05, 0) is 52.3 Å². The van der Waals surface area contributed by atoms with Gasteiger partial charge in [0.1, 0.15) is 16.9 Å². The first-order valence-corrected chi connectivity index (χ1v) is 12.4. The van der Waals surface area contributed by atoms with Crippen LogP contribution in [-0.2, 0) is 18.2 Å². The number of hydrogen-bond acceptors (Lipinski definition) is 6. The van der Waals surface area contributed by atoms with Crippen LogP contribution >= 0.6 is 0 Å². The van der Waals surface area contributed by atoms with Gasteiger partial charge in [-0.15, -0.1) is 0 Å². The van der Waals surface area contributed by atoms with E-state index in [2.05, 4.69) is 20.3 Å². The Hall–Kier alpha value is -3.89. The number of nitrogens with zero attached hydrogens (tertiary/aromatic N) is 6. The highest BCUT2D eigenvalue weighted by Gasteiger charge is 2.34. The number of piperazine rings is 1. The van der Waals surface area contributed by atoms with Gasteiger partial charge in [0.15, 0.2) is 5.82 Å². The number of aryl methyl sites for hydroxylation is 1. The highest BCUT2D eigenvalue weighted by atomic mass is 19.1. The molecule has 0 unspecified atom stereocenters. The van der Waals surface area contributed by atoms with Crippen molar-refractivity contribution in [2.24, 2.45) is 7.05 Å². The lowest BCUT2D eigenvalue weighted by atomic mass is 10.1. The van der Waals surface area contributed by atoms with Crippen LogP contribution in [0.2, 0.25) is 0 Å². The van der Waals surface area contributed by atoms with Crippen LogP contribution in [0.3, 0.4) is 0 Å². The van der Waals surface area contributed by atoms with Gasteiger partial charge < -0.3 is 19.9 Å². The number of anilines is 3. The molecule has 196 valence electrons. The van der Waals surface area contributed by atoms with Crippen LogP contribution in [0.1, 0.15) is 33.3 Å². The van der Waals surface area contributed by atoms with E-state index in [4.69, 9.17) is 4.74 Å². The summed E-state index contributed by atoms with van der Waals surface area (Å²) < 4.78 is 21.6. The molecule has 2 aliphatic heterocycles. The Morgan fingerprint density at radius 3 is 2.70 bits per heavy atom. The van der Waals surface area contributed by atoms with Crippen LogP contribution < -0.4 is 15.1 Å². The minimum atomic E-state index is -0.542. The number of carbonyl (C=O) groups excluding carboxylic acids is 2. The van der Waals surface area contributed by atoms with E-state index in [9.17, 15) is 14.0 Å². The third-order valence-corrected chi connectivity index (χ3v) is 6.62. The monoisotopic (exact) mass is 509 g/mol. The molecule has 1 N–H and O–H groups in total. The number of amides is 3. The van der Waals surface area contributed by atoms with Crippen LogP contribution in [0.15, 0.2) is 30.6 Å². The lowest BCUT2D eigenvalue weighted by molar-refractivity contribution is 0.0159. The Balaban J connectivity index is 1.31. The van der Waals surface area contributed by atoms with Gasteiger partial charge in [-0.3, -0.25) is 9.58 Å². The third-order valence-electron chi connectivity index (χ3n) is 6.62. The molecule has 0 saturated carbocycles. The molecular formula is C26H32FN7O3. The Bertz CT molecular complexity index is 1370. The number of nitrogens with one attached hydrogen (secondary N) is 1. The van der Waals surface area contributed by atoms with E-state index in [0.717, 1.165) is 11.3 Å². The molecule has 4 heterocycles. The summed E-state index contributed by atoms with van der Waals surface area (Å²) in [6.45, 7) is 9.90. The van der Waals surface area contributed by atoms with Crippen molar-refractivity contribution in [1.29, 1.82) is 0 Å². The fraction of sp³-hybridized carbons (Fsp3) is 0.462. The number of benzene rings is 1. The van der Waals surface area contributed by atoms with Crippen molar-refractivity contribution in [2.45, 2.75) is 45.8 Å². The zero-order chi connectivity index (χ0) is 26.5. The standard InChI is InChI=1S/C26H32FN7O3/c1-16-14-32(10-11-33(16)25(36)37-26(2,3)4)21-6-8-28-23-19(21)7-9-34(23)24(35)29-18-12-17-15-31(5)30-22(17)20(27)13-18/h6,8,12-13,15-16H,7,9-11,14H2,1-5H3,(H,29,35)/t16-/m0/s1. The third kappa shape index (κ3) is 4.90. The van der Waals surface area contributed by atoms with E-state index >= 15 is 0 Å². The molecule has 1 atom stereocenters. The second-order valence-corrected chi connectivity index (χ2v) is 10.6. The average molecular weight is 510 g/mol. The molecule has 2 aromatic heterocycles. The minimum Gasteiger partial charge on any atom is -0.444 e. The van der Waals surface area contributed by atoms with E-state index < -0.39 is 11.4 Å². The number of carbonyl (C=O) groups is 2. The summed E-state index contributed by atoms with van der Waals surface area (Å²) in [5.74, 6) is 0.107. The van der Waals surface area contributed by atoms with Gasteiger partial charge in [-0.2, -0.15) is 5.10 Å². The molecule has 3 amide bonds. The maximum Gasteiger partial charge on any atom is 0.410 e. The molecule has 1 fully saturated rings. The second kappa shape index (κ2) is 9.20. The van der Waals surface area contributed by atoms with E-state index in [1.54, 1.807) is 35.3 Å². The van der Waals surface area contributed by atoms with E-state index in [-0.39, 0.29) is 23.7 Å². The Morgan fingerprint density at radius 1 is 1.19 bits per heavy atom. The molecule has 3 aromatic rings. The number of aromatic nitrogens is 3. The molecule has 1 saturated heterocycles. The number of rotatable bonds is 2. The Kier molecular flexibility index (Phi) is 6.17. The first-order chi connectivity index (χ1) is 17.5. The molecular weight excluding hydrogens is 477 g/mol. The molecule has 0 bridgehead atoms. The zero-order valence-electron chi connectivity index (χ0n) is 21.8. The second-order valence-electron chi connectivity index (χ2n) is 10.6. The van der Waals surface area contributed by atoms with E-state index in [0.29, 0.717) is 49.5 Å². The largest absolute Gasteiger partial charge is 0.444 e. The summed E-state index contributed by atoms with van der Waals surface area (Å²) in [5.41, 5.74) is 2.08. The summed E-state index contributed by atoms with van der Waals surface area (Å²) in [6.07, 6.45) is 3.76. The van der Waals surface area contributed by atoms with Gasteiger partial charge in [0.2, 0.25) is 0 Å². The number of halogens is 1. The number of fused-ring (bicyclic) bond motifs is 2. The lowest BCUT2D eigenvalue weighted by Gasteiger charge is -2.41. The number of ether oxygens (including phenoxy) is 1. The predicted molar refractivity (Wildman–Crippen MR) is 140 cm³/mol. The molecule has 11 heteroatoms. The van der Waals surface area contributed by atoms with Crippen molar-refractivity contribution >= 4 is 40.2 Å². The van der Waals surface area contributed by atoms with Crippen molar-refractivity contribution in [3.8, 4) is 0 Å². The Labute approximate surface area is 215 Å². The average Bonchev–Trinajstić information content (AvgIpc) is 3.41. The van der Waals surface area contributed by atoms with Gasteiger partial charge in [0, 0.05) is 74.0 Å². The fourth-order valence-corrected chi connectivity index (χ4v) is 5.01. The van der Waals surface area contributed by atoms with Gasteiger partial charge in [0.05, 0.1) is 0 Å². The van der Waals surface area contributed by atoms with Crippen LogP contribution in [-0.4, -0.2) is 69.6 Å². The summed E-state index contributed by atoms with van der Waals surface area (Å²) in [4.78, 5) is 35.9. The smallest absolute Gasteiger partial charge is 0.410 e. The summed E-state index contributed by atoms with van der Waals surface area (Å²) >= 11 is 0. The topological polar surface area (TPSA) is 95.8 Å². The molecule has 0 radical (unpaired) electrons. The lowest BCUT2D eigenvalue weighted by Crippen LogP contribution is -2.55. The summed E-state index contributed by atoms with van der Waals surface area (Å²) in [6, 6.07) is 4.54. The first-order valence-electron chi connectivity index (χ1n) is 12.4. The molecule has 10 nitrogen and oxygen atoms in total. The van der Waals surface area contributed by atoms with Gasteiger partial charge >= 0.3 is 12.1 Å². The van der Waals surface area contributed by atoms with Crippen molar-refractivity contribution < 1.29 is 18.7 Å². The van der Waals surface area contributed by atoms with Crippen LogP contribution in [0.25, 0.3) is 10.9 Å². The SMILES string of the molecule is C[C@H]1CN(c2ccnc3c2CCN3C(=O)Nc2cc(F)c3nn(C)cc3c2)CCN1C(=O)OC(C)(C)C. The molecule has 5 rings (SSSR count). The molecule has 0 aliphatic carbocycles. The van der Waals surface area contributed by atoms with Crippen LogP contribution in [0.5, 0.6) is 0 Å². The van der Waals surface area contributed by atoms with Crippen LogP contribution in [0, 0.1) is 5.82 Å². The zero-order valence-corrected chi connectivity index (χ0v) is 21.8. The van der Waals surface area contributed by atoms with Crippen molar-refractivity contribution in [1.82, 2.24) is 19.7 Å². The Morgan fingerprint density at radius 2 is 1.97 bits per heavy atom. The highest BCUT2D eigenvalue weighted by molar-refractivity contribution is 6.04. The molecule has 1 aromatic carbocycles. The number of urea groups is 1. The molecule has 2 aliphatic rings. The number of pyridine rings is 1. The normalized spacial score (nSPS) is 17.8. The van der Waals surface area contributed by atoms with Gasteiger partial charge in [-0.25, -0.2) is 19.0 Å². The van der Waals surface area contributed by atoms with Gasteiger partial charge in [0.25, 0.3) is 0 Å². The molecule has 0 spiro atoms. The van der Waals surface area contributed by atoms with E-state index in [1.807, 2.05) is 33.8 Å². The summed E-state index contributed by atoms with van der Waals surface area (Å²) in [5, 5.41) is 7.52. The van der Waals surface area contributed by atoms with Crippen LogP contribution in [0.4, 0.5) is 31.2 Å². The predicted octanol–water partition coefficient (Wildman–Crippen LogP) is 4.15. The van der Waals surface area contributed by atoms with E-state index in [1.165, 1.54) is 10.7 Å². The maximum atomic E-state index is 14.5. The van der Waals surface area contributed by atoms with Crippen molar-refractivity contribution in [3.05, 3.63) is 42.0 Å². The minimum absolute atomic E-state index is 0.0366. The fourth-order valence-electron chi connectivity index (χ4n) is 5.01. The maximum absolute atomic E-state index is 14.5. The quantitative estimate of drug-likeness (QED) is 0.558. The van der Waals surface area contributed by atoms with Crippen molar-refractivity contribution in [2.75, 3.05) is 41.3 Å². The van der Waals surface area contributed by atoms with Gasteiger partial charge in [-0.1, -0.05) is 0 Å². The summed E-state index contributed by atoms with van der Waals surface area (Å²) in [7, 11) is 1.72. The van der Waals surface area contributed by atoms with Crippen molar-refractivity contribution in [3.63, 3.8) is 0 Å².